The average molecular weight is 144 g/mol. The minimum Gasteiger partial charge on any atom is -0.211 e. The Balaban J connectivity index is 2.68. The molecule has 1 atom stereocenters. The molecule has 1 aliphatic carbocycles. The molecule has 0 fully saturated rings. The topological polar surface area (TPSA) is 0 Å². The molecular weight excluding hydrogens is 134 g/mol. The molecule has 0 bridgehead atoms. The van der Waals surface area contributed by atoms with E-state index in [0.717, 1.165) is 12.5 Å². The number of rotatable bonds is 1. The Morgan fingerprint density at radius 1 is 1.60 bits per heavy atom. The van der Waals surface area contributed by atoms with Crippen LogP contribution in [0.3, 0.4) is 0 Å². The number of halogens is 2. The standard InChI is InChI=1S/C8H10F2/c1-2-6-3-4-7(9)5-8(6)10/h4-6H,2-3H2,1H3. The van der Waals surface area contributed by atoms with Crippen LogP contribution >= 0.6 is 0 Å². The van der Waals surface area contributed by atoms with Crippen molar-refractivity contribution in [3.63, 3.8) is 0 Å². The largest absolute Gasteiger partial charge is 0.211 e. The van der Waals surface area contributed by atoms with E-state index in [2.05, 4.69) is 0 Å². The fourth-order valence-corrected chi connectivity index (χ4v) is 1.04. The maximum Gasteiger partial charge on any atom is 0.121 e. The van der Waals surface area contributed by atoms with Crippen molar-refractivity contribution >= 4 is 0 Å². The van der Waals surface area contributed by atoms with E-state index in [1.165, 1.54) is 6.08 Å². The highest BCUT2D eigenvalue weighted by atomic mass is 19.1. The van der Waals surface area contributed by atoms with Gasteiger partial charge in [0.25, 0.3) is 0 Å². The van der Waals surface area contributed by atoms with Gasteiger partial charge in [-0.1, -0.05) is 6.92 Å². The first-order valence-electron chi connectivity index (χ1n) is 3.46. The van der Waals surface area contributed by atoms with Gasteiger partial charge >= 0.3 is 0 Å². The van der Waals surface area contributed by atoms with Gasteiger partial charge in [-0.05, 0) is 18.9 Å². The van der Waals surface area contributed by atoms with Crippen LogP contribution in [0.4, 0.5) is 8.78 Å². The Kier molecular flexibility index (Phi) is 2.20. The smallest absolute Gasteiger partial charge is 0.121 e. The van der Waals surface area contributed by atoms with E-state index < -0.39 is 5.83 Å². The number of hydrogen-bond donors (Lipinski definition) is 0. The highest BCUT2D eigenvalue weighted by molar-refractivity contribution is 5.21. The van der Waals surface area contributed by atoms with Crippen molar-refractivity contribution in [2.45, 2.75) is 19.8 Å². The summed E-state index contributed by atoms with van der Waals surface area (Å²) in [6.45, 7) is 1.90. The lowest BCUT2D eigenvalue weighted by molar-refractivity contribution is 0.439. The van der Waals surface area contributed by atoms with Crippen LogP contribution in [-0.2, 0) is 0 Å². The zero-order chi connectivity index (χ0) is 7.56. The summed E-state index contributed by atoms with van der Waals surface area (Å²) in [4.78, 5) is 0. The van der Waals surface area contributed by atoms with Gasteiger partial charge in [0.2, 0.25) is 0 Å². The third-order valence-corrected chi connectivity index (χ3v) is 1.76. The van der Waals surface area contributed by atoms with Crippen molar-refractivity contribution in [3.8, 4) is 0 Å². The fraction of sp³-hybridized carbons (Fsp3) is 0.500. The quantitative estimate of drug-likeness (QED) is 0.530. The normalized spacial score (nSPS) is 25.7. The summed E-state index contributed by atoms with van der Waals surface area (Å²) in [5, 5.41) is 0. The molecule has 0 amide bonds. The van der Waals surface area contributed by atoms with Crippen LogP contribution in [-0.4, -0.2) is 0 Å². The third-order valence-electron chi connectivity index (χ3n) is 1.76. The van der Waals surface area contributed by atoms with Crippen molar-refractivity contribution in [2.24, 2.45) is 5.92 Å². The molecule has 0 heterocycles. The second-order valence-electron chi connectivity index (χ2n) is 2.46. The lowest BCUT2D eigenvalue weighted by Crippen LogP contribution is -2.01. The van der Waals surface area contributed by atoms with Crippen molar-refractivity contribution < 1.29 is 8.78 Å². The monoisotopic (exact) mass is 144 g/mol. The summed E-state index contributed by atoms with van der Waals surface area (Å²) in [7, 11) is 0. The van der Waals surface area contributed by atoms with Crippen LogP contribution in [0.1, 0.15) is 19.8 Å². The predicted octanol–water partition coefficient (Wildman–Crippen LogP) is 3.12. The van der Waals surface area contributed by atoms with Gasteiger partial charge in [-0.25, -0.2) is 8.78 Å². The highest BCUT2D eigenvalue weighted by Gasteiger charge is 2.15. The Morgan fingerprint density at radius 3 is 2.80 bits per heavy atom. The molecule has 0 aliphatic heterocycles. The lowest BCUT2D eigenvalue weighted by atomic mass is 9.97. The van der Waals surface area contributed by atoms with Gasteiger partial charge in [-0.15, -0.1) is 0 Å². The molecule has 0 saturated carbocycles. The number of allylic oxidation sites excluding steroid dienone is 4. The Hall–Kier alpha value is -0.660. The summed E-state index contributed by atoms with van der Waals surface area (Å²) >= 11 is 0. The molecule has 0 saturated heterocycles. The predicted molar refractivity (Wildman–Crippen MR) is 36.8 cm³/mol. The van der Waals surface area contributed by atoms with Crippen LogP contribution in [0.25, 0.3) is 0 Å². The molecule has 10 heavy (non-hydrogen) atoms. The fourth-order valence-electron chi connectivity index (χ4n) is 1.04. The molecule has 56 valence electrons. The molecule has 0 radical (unpaired) electrons. The van der Waals surface area contributed by atoms with Gasteiger partial charge in [0.05, 0.1) is 0 Å². The van der Waals surface area contributed by atoms with Crippen LogP contribution in [0.2, 0.25) is 0 Å². The number of hydrogen-bond acceptors (Lipinski definition) is 0. The van der Waals surface area contributed by atoms with Crippen LogP contribution in [0.15, 0.2) is 23.8 Å². The Morgan fingerprint density at radius 2 is 2.30 bits per heavy atom. The maximum atomic E-state index is 12.7. The minimum absolute atomic E-state index is 0.0838. The second kappa shape index (κ2) is 2.95. The summed E-state index contributed by atoms with van der Waals surface area (Å²) in [5.41, 5.74) is 0. The molecule has 0 N–H and O–H groups in total. The van der Waals surface area contributed by atoms with Gasteiger partial charge in [0.1, 0.15) is 11.7 Å². The van der Waals surface area contributed by atoms with Gasteiger partial charge in [-0.3, -0.25) is 0 Å². The van der Waals surface area contributed by atoms with Gasteiger partial charge in [0, 0.05) is 12.0 Å². The zero-order valence-electron chi connectivity index (χ0n) is 5.90. The first kappa shape index (κ1) is 7.45. The Bertz CT molecular complexity index is 180. The van der Waals surface area contributed by atoms with E-state index in [-0.39, 0.29) is 11.7 Å². The zero-order valence-corrected chi connectivity index (χ0v) is 5.90. The summed E-state index contributed by atoms with van der Waals surface area (Å²) < 4.78 is 25.0. The summed E-state index contributed by atoms with van der Waals surface area (Å²) in [6, 6.07) is 0. The van der Waals surface area contributed by atoms with E-state index in [1.54, 1.807) is 0 Å². The van der Waals surface area contributed by atoms with Crippen molar-refractivity contribution in [1.29, 1.82) is 0 Å². The van der Waals surface area contributed by atoms with Gasteiger partial charge < -0.3 is 0 Å². The van der Waals surface area contributed by atoms with Crippen LogP contribution in [0.5, 0.6) is 0 Å². The van der Waals surface area contributed by atoms with Crippen molar-refractivity contribution in [3.05, 3.63) is 23.8 Å². The Labute approximate surface area is 59.2 Å². The highest BCUT2D eigenvalue weighted by Crippen LogP contribution is 2.27. The molecule has 0 nitrogen and oxygen atoms in total. The molecule has 0 aromatic rings. The van der Waals surface area contributed by atoms with Crippen LogP contribution < -0.4 is 0 Å². The summed E-state index contributed by atoms with van der Waals surface area (Å²) in [6.07, 6.45) is 3.64. The second-order valence-corrected chi connectivity index (χ2v) is 2.46. The average Bonchev–Trinajstić information content (AvgIpc) is 1.88. The maximum absolute atomic E-state index is 12.7. The molecule has 0 aromatic heterocycles. The van der Waals surface area contributed by atoms with E-state index in [1.807, 2.05) is 6.92 Å². The van der Waals surface area contributed by atoms with Gasteiger partial charge in [0.15, 0.2) is 0 Å². The third kappa shape index (κ3) is 1.43. The van der Waals surface area contributed by atoms with Crippen molar-refractivity contribution in [1.82, 2.24) is 0 Å². The van der Waals surface area contributed by atoms with E-state index in [4.69, 9.17) is 0 Å². The molecule has 1 rings (SSSR count). The van der Waals surface area contributed by atoms with Crippen molar-refractivity contribution in [2.75, 3.05) is 0 Å². The first-order chi connectivity index (χ1) is 4.74. The van der Waals surface area contributed by atoms with E-state index in [0.29, 0.717) is 6.42 Å². The first-order valence-corrected chi connectivity index (χ1v) is 3.46. The molecular formula is C8H10F2. The van der Waals surface area contributed by atoms with E-state index in [9.17, 15) is 8.78 Å². The molecule has 0 aromatic carbocycles. The van der Waals surface area contributed by atoms with E-state index >= 15 is 0 Å². The molecule has 0 spiro atoms. The molecule has 2 heteroatoms. The molecule has 1 aliphatic rings. The SMILES string of the molecule is CCC1CC=C(F)C=C1F. The van der Waals surface area contributed by atoms with Crippen LogP contribution in [0, 0.1) is 5.92 Å². The van der Waals surface area contributed by atoms with Gasteiger partial charge in [-0.2, -0.15) is 0 Å². The molecule has 1 unspecified atom stereocenters. The lowest BCUT2D eigenvalue weighted by Gasteiger charge is -2.12. The minimum atomic E-state index is -0.442. The summed E-state index contributed by atoms with van der Waals surface area (Å²) in [5.74, 6) is -0.843.